The summed E-state index contributed by atoms with van der Waals surface area (Å²) in [5, 5.41) is 4.36. The van der Waals surface area contributed by atoms with Crippen LogP contribution in [0, 0.1) is 6.92 Å². The van der Waals surface area contributed by atoms with E-state index in [0.717, 1.165) is 26.2 Å². The maximum absolute atomic E-state index is 6.24. The highest BCUT2D eigenvalue weighted by Crippen LogP contribution is 2.35. The molecule has 0 radical (unpaired) electrons. The van der Waals surface area contributed by atoms with Gasteiger partial charge in [0.05, 0.1) is 14.9 Å². The molecular weight excluding hydrogens is 422 g/mol. The van der Waals surface area contributed by atoms with E-state index in [9.17, 15) is 0 Å². The zero-order valence-electron chi connectivity index (χ0n) is 11.3. The smallest absolute Gasteiger partial charge is 0.0704 e. The van der Waals surface area contributed by atoms with Crippen LogP contribution in [-0.4, -0.2) is 6.54 Å². The number of hydrogen-bond acceptors (Lipinski definition) is 2. The molecular formula is C15H16Br2ClNS. The summed E-state index contributed by atoms with van der Waals surface area (Å²) in [4.78, 5) is 1.32. The van der Waals surface area contributed by atoms with E-state index in [1.165, 1.54) is 16.0 Å². The highest BCUT2D eigenvalue weighted by molar-refractivity contribution is 9.11. The minimum absolute atomic E-state index is 0.183. The van der Waals surface area contributed by atoms with E-state index < -0.39 is 0 Å². The van der Waals surface area contributed by atoms with Gasteiger partial charge in [-0.05, 0) is 81.1 Å². The summed E-state index contributed by atoms with van der Waals surface area (Å²) in [7, 11) is 0. The fourth-order valence-corrected chi connectivity index (χ4v) is 4.32. The molecule has 1 N–H and O–H groups in total. The Morgan fingerprint density at radius 2 is 2.05 bits per heavy atom. The van der Waals surface area contributed by atoms with Crippen LogP contribution in [0.2, 0.25) is 5.02 Å². The minimum atomic E-state index is 0.183. The molecule has 108 valence electrons. The molecule has 1 unspecified atom stereocenters. The molecule has 0 amide bonds. The Morgan fingerprint density at radius 3 is 2.60 bits per heavy atom. The summed E-state index contributed by atoms with van der Waals surface area (Å²) >= 11 is 15.0. The third-order valence-corrected chi connectivity index (χ3v) is 5.91. The van der Waals surface area contributed by atoms with E-state index in [-0.39, 0.29) is 6.04 Å². The minimum Gasteiger partial charge on any atom is -0.306 e. The van der Waals surface area contributed by atoms with E-state index >= 15 is 0 Å². The number of rotatable bonds is 5. The van der Waals surface area contributed by atoms with Gasteiger partial charge in [-0.25, -0.2) is 0 Å². The average molecular weight is 438 g/mol. The van der Waals surface area contributed by atoms with Gasteiger partial charge in [0, 0.05) is 9.35 Å². The molecule has 0 fully saturated rings. The lowest BCUT2D eigenvalue weighted by Crippen LogP contribution is -2.23. The summed E-state index contributed by atoms with van der Waals surface area (Å²) in [6.45, 7) is 5.31. The molecule has 0 saturated heterocycles. The van der Waals surface area contributed by atoms with Crippen LogP contribution >= 0.6 is 54.8 Å². The molecule has 0 saturated carbocycles. The van der Waals surface area contributed by atoms with Gasteiger partial charge in [-0.15, -0.1) is 11.3 Å². The predicted octanol–water partition coefficient (Wildman–Crippen LogP) is 6.32. The molecule has 1 atom stereocenters. The average Bonchev–Trinajstić information content (AvgIpc) is 2.73. The number of aryl methyl sites for hydroxylation is 1. The Bertz CT molecular complexity index is 598. The van der Waals surface area contributed by atoms with Gasteiger partial charge in [0.2, 0.25) is 0 Å². The zero-order chi connectivity index (χ0) is 14.7. The first-order valence-corrected chi connectivity index (χ1v) is 9.25. The highest BCUT2D eigenvalue weighted by atomic mass is 79.9. The zero-order valence-corrected chi connectivity index (χ0v) is 16.1. The maximum Gasteiger partial charge on any atom is 0.0704 e. The summed E-state index contributed by atoms with van der Waals surface area (Å²) < 4.78 is 2.09. The van der Waals surface area contributed by atoms with E-state index in [1.807, 2.05) is 12.1 Å². The summed E-state index contributed by atoms with van der Waals surface area (Å²) in [5.74, 6) is 0. The number of thiophene rings is 1. The van der Waals surface area contributed by atoms with Crippen molar-refractivity contribution in [3.8, 4) is 0 Å². The fraction of sp³-hybridized carbons (Fsp3) is 0.333. The molecule has 1 aromatic heterocycles. The first-order valence-electron chi connectivity index (χ1n) is 6.47. The monoisotopic (exact) mass is 435 g/mol. The highest BCUT2D eigenvalue weighted by Gasteiger charge is 2.18. The largest absolute Gasteiger partial charge is 0.306 e. The molecule has 2 aromatic rings. The van der Waals surface area contributed by atoms with Crippen molar-refractivity contribution >= 4 is 54.8 Å². The van der Waals surface area contributed by atoms with Crippen molar-refractivity contribution in [3.05, 3.63) is 53.6 Å². The first kappa shape index (κ1) is 16.5. The molecule has 2 rings (SSSR count). The van der Waals surface area contributed by atoms with Gasteiger partial charge in [-0.2, -0.15) is 0 Å². The Balaban J connectivity index is 2.41. The van der Waals surface area contributed by atoms with Gasteiger partial charge in [-0.1, -0.05) is 24.6 Å². The van der Waals surface area contributed by atoms with E-state index in [2.05, 4.69) is 63.2 Å². The van der Waals surface area contributed by atoms with Gasteiger partial charge in [0.15, 0.2) is 0 Å². The van der Waals surface area contributed by atoms with Crippen LogP contribution in [0.5, 0.6) is 0 Å². The molecule has 1 heterocycles. The lowest BCUT2D eigenvalue weighted by Gasteiger charge is -2.20. The second-order valence-corrected chi connectivity index (χ2v) is 8.52. The van der Waals surface area contributed by atoms with Crippen LogP contribution in [0.15, 0.2) is 32.5 Å². The normalized spacial score (nSPS) is 12.7. The Morgan fingerprint density at radius 1 is 1.30 bits per heavy atom. The lowest BCUT2D eigenvalue weighted by molar-refractivity contribution is 0.598. The number of benzene rings is 1. The van der Waals surface area contributed by atoms with Crippen molar-refractivity contribution in [2.75, 3.05) is 6.54 Å². The first-order chi connectivity index (χ1) is 9.52. The molecule has 0 aliphatic heterocycles. The van der Waals surface area contributed by atoms with Gasteiger partial charge >= 0.3 is 0 Å². The van der Waals surface area contributed by atoms with Crippen molar-refractivity contribution in [3.63, 3.8) is 0 Å². The third kappa shape index (κ3) is 3.86. The summed E-state index contributed by atoms with van der Waals surface area (Å²) in [6, 6.07) is 8.54. The van der Waals surface area contributed by atoms with Crippen molar-refractivity contribution < 1.29 is 0 Å². The van der Waals surface area contributed by atoms with Crippen LogP contribution in [0.4, 0.5) is 0 Å². The van der Waals surface area contributed by atoms with E-state index in [0.29, 0.717) is 0 Å². The summed E-state index contributed by atoms with van der Waals surface area (Å²) in [5.41, 5.74) is 2.51. The topological polar surface area (TPSA) is 12.0 Å². The maximum atomic E-state index is 6.24. The molecule has 0 aliphatic rings. The lowest BCUT2D eigenvalue weighted by atomic mass is 9.99. The predicted molar refractivity (Wildman–Crippen MR) is 96.0 cm³/mol. The molecule has 0 bridgehead atoms. The van der Waals surface area contributed by atoms with Crippen molar-refractivity contribution in [1.29, 1.82) is 0 Å². The van der Waals surface area contributed by atoms with Crippen molar-refractivity contribution in [2.45, 2.75) is 26.3 Å². The Labute approximate surface area is 146 Å². The van der Waals surface area contributed by atoms with Gasteiger partial charge in [-0.3, -0.25) is 0 Å². The second-order valence-electron chi connectivity index (χ2n) is 4.62. The molecule has 5 heteroatoms. The SMILES string of the molecule is CCCNC(c1ccc(Br)c(Cl)c1)c1cc(Br)sc1C. The van der Waals surface area contributed by atoms with Crippen LogP contribution in [0.25, 0.3) is 0 Å². The third-order valence-electron chi connectivity index (χ3n) is 3.11. The number of hydrogen-bond donors (Lipinski definition) is 1. The molecule has 1 aromatic carbocycles. The van der Waals surface area contributed by atoms with E-state index in [4.69, 9.17) is 11.6 Å². The van der Waals surface area contributed by atoms with Gasteiger partial charge in [0.1, 0.15) is 0 Å². The second kappa shape index (κ2) is 7.41. The number of nitrogens with one attached hydrogen (secondary N) is 1. The standard InChI is InChI=1S/C15H16Br2ClNS/c1-3-6-19-15(11-8-14(17)20-9(11)2)10-4-5-12(16)13(18)7-10/h4-5,7-8,15,19H,3,6H2,1-2H3. The molecule has 0 aliphatic carbocycles. The quantitative estimate of drug-likeness (QED) is 0.577. The van der Waals surface area contributed by atoms with E-state index in [1.54, 1.807) is 11.3 Å². The fourth-order valence-electron chi connectivity index (χ4n) is 2.13. The van der Waals surface area contributed by atoms with Crippen LogP contribution < -0.4 is 5.32 Å². The molecule has 1 nitrogen and oxygen atoms in total. The van der Waals surface area contributed by atoms with Gasteiger partial charge < -0.3 is 5.32 Å². The van der Waals surface area contributed by atoms with Crippen molar-refractivity contribution in [2.24, 2.45) is 0 Å². The summed E-state index contributed by atoms with van der Waals surface area (Å²) in [6.07, 6.45) is 1.10. The molecule has 0 spiro atoms. The Hall–Kier alpha value is 0.130. The molecule has 20 heavy (non-hydrogen) atoms. The van der Waals surface area contributed by atoms with Crippen LogP contribution in [-0.2, 0) is 0 Å². The van der Waals surface area contributed by atoms with Gasteiger partial charge in [0.25, 0.3) is 0 Å². The Kier molecular flexibility index (Phi) is 6.11. The number of halogens is 3. The van der Waals surface area contributed by atoms with Crippen LogP contribution in [0.3, 0.4) is 0 Å². The van der Waals surface area contributed by atoms with Crippen molar-refractivity contribution in [1.82, 2.24) is 5.32 Å². The van der Waals surface area contributed by atoms with Crippen LogP contribution in [0.1, 0.15) is 35.4 Å².